The van der Waals surface area contributed by atoms with Crippen LogP contribution in [-0.4, -0.2) is 34.6 Å². The van der Waals surface area contributed by atoms with E-state index >= 15 is 0 Å². The second-order valence-corrected chi connectivity index (χ2v) is 5.14. The summed E-state index contributed by atoms with van der Waals surface area (Å²) in [6, 6.07) is 7.37. The van der Waals surface area contributed by atoms with Gasteiger partial charge in [-0.25, -0.2) is 0 Å². The number of aliphatic carboxylic acids is 1. The summed E-state index contributed by atoms with van der Waals surface area (Å²) in [4.78, 5) is 20.7. The number of nitrogens with zero attached hydrogens (tertiary/aromatic N) is 3. The molecule has 2 aromatic rings. The third-order valence-electron chi connectivity index (χ3n) is 2.93. The molecule has 7 heteroatoms. The molecule has 0 spiro atoms. The molecule has 0 amide bonds. The third-order valence-corrected chi connectivity index (χ3v) is 3.16. The SMILES string of the molecule is CN(CCC(=O)O)c1cncc(OCc2cccc(Cl)c2)n1. The molecule has 0 radical (unpaired) electrons. The lowest BCUT2D eigenvalue weighted by Crippen LogP contribution is -2.22. The van der Waals surface area contributed by atoms with Gasteiger partial charge in [-0.15, -0.1) is 0 Å². The van der Waals surface area contributed by atoms with Gasteiger partial charge in [0.05, 0.1) is 18.8 Å². The summed E-state index contributed by atoms with van der Waals surface area (Å²) in [6.07, 6.45) is 3.11. The Morgan fingerprint density at radius 1 is 1.41 bits per heavy atom. The van der Waals surface area contributed by atoms with Crippen LogP contribution in [0.15, 0.2) is 36.7 Å². The Balaban J connectivity index is 1.97. The fourth-order valence-electron chi connectivity index (χ4n) is 1.75. The third kappa shape index (κ3) is 4.89. The number of hydrogen-bond donors (Lipinski definition) is 1. The van der Waals surface area contributed by atoms with Crippen LogP contribution in [0.3, 0.4) is 0 Å². The van der Waals surface area contributed by atoms with E-state index < -0.39 is 5.97 Å². The minimum Gasteiger partial charge on any atom is -0.481 e. The van der Waals surface area contributed by atoms with Crippen molar-refractivity contribution in [1.29, 1.82) is 0 Å². The Morgan fingerprint density at radius 3 is 2.95 bits per heavy atom. The van der Waals surface area contributed by atoms with Gasteiger partial charge in [0, 0.05) is 18.6 Å². The number of rotatable bonds is 7. The minimum absolute atomic E-state index is 0.0335. The van der Waals surface area contributed by atoms with Crippen molar-refractivity contribution in [3.8, 4) is 5.88 Å². The first kappa shape index (κ1) is 16.0. The van der Waals surface area contributed by atoms with Crippen LogP contribution in [0, 0.1) is 0 Å². The number of ether oxygens (including phenoxy) is 1. The van der Waals surface area contributed by atoms with E-state index in [4.69, 9.17) is 21.4 Å². The zero-order valence-corrected chi connectivity index (χ0v) is 12.8. The molecule has 22 heavy (non-hydrogen) atoms. The van der Waals surface area contributed by atoms with Crippen LogP contribution in [0.2, 0.25) is 5.02 Å². The number of halogens is 1. The van der Waals surface area contributed by atoms with Crippen molar-refractivity contribution in [2.45, 2.75) is 13.0 Å². The molecule has 6 nitrogen and oxygen atoms in total. The number of anilines is 1. The van der Waals surface area contributed by atoms with Crippen LogP contribution >= 0.6 is 11.6 Å². The zero-order valence-electron chi connectivity index (χ0n) is 12.1. The molecular formula is C15H16ClN3O3. The van der Waals surface area contributed by atoms with Crippen LogP contribution in [0.25, 0.3) is 0 Å². The van der Waals surface area contributed by atoms with Gasteiger partial charge in [-0.3, -0.25) is 9.78 Å². The van der Waals surface area contributed by atoms with E-state index in [2.05, 4.69) is 9.97 Å². The van der Waals surface area contributed by atoms with E-state index in [9.17, 15) is 4.79 Å². The number of carboxylic acid groups (broad SMARTS) is 1. The zero-order chi connectivity index (χ0) is 15.9. The van der Waals surface area contributed by atoms with Gasteiger partial charge in [-0.2, -0.15) is 4.98 Å². The summed E-state index contributed by atoms with van der Waals surface area (Å²) in [6.45, 7) is 0.680. The Morgan fingerprint density at radius 2 is 2.23 bits per heavy atom. The van der Waals surface area contributed by atoms with Crippen molar-refractivity contribution in [1.82, 2.24) is 9.97 Å². The van der Waals surface area contributed by atoms with Crippen LogP contribution in [0.4, 0.5) is 5.82 Å². The molecule has 0 unspecified atom stereocenters. The number of aromatic nitrogens is 2. The highest BCUT2D eigenvalue weighted by atomic mass is 35.5. The molecule has 0 saturated heterocycles. The minimum atomic E-state index is -0.854. The maximum Gasteiger partial charge on any atom is 0.305 e. The predicted octanol–water partition coefficient (Wildman–Crippen LogP) is 2.62. The summed E-state index contributed by atoms with van der Waals surface area (Å²) in [7, 11) is 1.76. The monoisotopic (exact) mass is 321 g/mol. The number of benzene rings is 1. The van der Waals surface area contributed by atoms with Gasteiger partial charge in [-0.05, 0) is 17.7 Å². The van der Waals surface area contributed by atoms with Crippen LogP contribution in [0.5, 0.6) is 5.88 Å². The van der Waals surface area contributed by atoms with E-state index in [1.54, 1.807) is 24.2 Å². The Bertz CT molecular complexity index is 651. The molecule has 1 aromatic carbocycles. The van der Waals surface area contributed by atoms with Gasteiger partial charge in [0.25, 0.3) is 0 Å². The summed E-state index contributed by atoms with van der Waals surface area (Å²) in [5, 5.41) is 9.35. The molecule has 0 aliphatic rings. The van der Waals surface area contributed by atoms with E-state index in [1.165, 1.54) is 6.20 Å². The molecular weight excluding hydrogens is 306 g/mol. The molecule has 1 N–H and O–H groups in total. The van der Waals surface area contributed by atoms with Gasteiger partial charge in [-0.1, -0.05) is 23.7 Å². The molecule has 0 saturated carbocycles. The average Bonchev–Trinajstić information content (AvgIpc) is 2.51. The van der Waals surface area contributed by atoms with E-state index in [-0.39, 0.29) is 6.42 Å². The molecule has 0 fully saturated rings. The van der Waals surface area contributed by atoms with Crippen molar-refractivity contribution >= 4 is 23.4 Å². The largest absolute Gasteiger partial charge is 0.481 e. The second-order valence-electron chi connectivity index (χ2n) is 4.70. The highest BCUT2D eigenvalue weighted by Gasteiger charge is 2.07. The standard InChI is InChI=1S/C15H16ClN3O3/c1-19(6-5-15(20)21)13-8-17-9-14(18-13)22-10-11-3-2-4-12(16)7-11/h2-4,7-9H,5-6,10H2,1H3,(H,20,21). The fraction of sp³-hybridized carbons (Fsp3) is 0.267. The average molecular weight is 322 g/mol. The molecule has 0 aliphatic carbocycles. The van der Waals surface area contributed by atoms with Gasteiger partial charge in [0.1, 0.15) is 6.61 Å². The van der Waals surface area contributed by atoms with Crippen LogP contribution in [0.1, 0.15) is 12.0 Å². The Kier molecular flexibility index (Phi) is 5.55. The first-order chi connectivity index (χ1) is 10.5. The highest BCUT2D eigenvalue weighted by molar-refractivity contribution is 6.30. The van der Waals surface area contributed by atoms with Crippen LogP contribution < -0.4 is 9.64 Å². The molecule has 0 aliphatic heterocycles. The Hall–Kier alpha value is -2.34. The molecule has 1 aromatic heterocycles. The topological polar surface area (TPSA) is 75.6 Å². The molecule has 116 valence electrons. The smallest absolute Gasteiger partial charge is 0.305 e. The lowest BCUT2D eigenvalue weighted by atomic mass is 10.2. The van der Waals surface area contributed by atoms with Gasteiger partial charge >= 0.3 is 5.97 Å². The number of carboxylic acids is 1. The van der Waals surface area contributed by atoms with Gasteiger partial charge in [0.2, 0.25) is 5.88 Å². The van der Waals surface area contributed by atoms with Crippen molar-refractivity contribution < 1.29 is 14.6 Å². The lowest BCUT2D eigenvalue weighted by molar-refractivity contribution is -0.136. The predicted molar refractivity (Wildman–Crippen MR) is 83.3 cm³/mol. The lowest BCUT2D eigenvalue weighted by Gasteiger charge is -2.17. The quantitative estimate of drug-likeness (QED) is 0.845. The van der Waals surface area contributed by atoms with E-state index in [1.807, 2.05) is 18.2 Å². The van der Waals surface area contributed by atoms with Crippen molar-refractivity contribution in [2.75, 3.05) is 18.5 Å². The maximum absolute atomic E-state index is 10.6. The molecule has 0 bridgehead atoms. The number of hydrogen-bond acceptors (Lipinski definition) is 5. The first-order valence-electron chi connectivity index (χ1n) is 6.67. The highest BCUT2D eigenvalue weighted by Crippen LogP contribution is 2.16. The second kappa shape index (κ2) is 7.61. The van der Waals surface area contributed by atoms with Gasteiger partial charge < -0.3 is 14.7 Å². The van der Waals surface area contributed by atoms with E-state index in [0.29, 0.717) is 29.9 Å². The molecule has 2 rings (SSSR count). The van der Waals surface area contributed by atoms with E-state index in [0.717, 1.165) is 5.56 Å². The molecule has 0 atom stereocenters. The maximum atomic E-state index is 10.6. The van der Waals surface area contributed by atoms with Crippen molar-refractivity contribution in [3.63, 3.8) is 0 Å². The van der Waals surface area contributed by atoms with Gasteiger partial charge in [0.15, 0.2) is 5.82 Å². The fourth-order valence-corrected chi connectivity index (χ4v) is 1.97. The normalized spacial score (nSPS) is 10.3. The molecule has 1 heterocycles. The van der Waals surface area contributed by atoms with Crippen molar-refractivity contribution in [3.05, 3.63) is 47.2 Å². The van der Waals surface area contributed by atoms with Crippen molar-refractivity contribution in [2.24, 2.45) is 0 Å². The first-order valence-corrected chi connectivity index (χ1v) is 7.04. The Labute approximate surface area is 133 Å². The summed E-state index contributed by atoms with van der Waals surface area (Å²) < 4.78 is 5.59. The number of carbonyl (C=O) groups is 1. The summed E-state index contributed by atoms with van der Waals surface area (Å²) in [5.74, 6) is 0.0812. The summed E-state index contributed by atoms with van der Waals surface area (Å²) >= 11 is 5.92. The van der Waals surface area contributed by atoms with Crippen LogP contribution in [-0.2, 0) is 11.4 Å². The summed E-state index contributed by atoms with van der Waals surface area (Å²) in [5.41, 5.74) is 0.930.